The fourth-order valence-electron chi connectivity index (χ4n) is 4.74. The second-order valence-electron chi connectivity index (χ2n) is 8.15. The highest BCUT2D eigenvalue weighted by molar-refractivity contribution is 5.87. The van der Waals surface area contributed by atoms with Crippen LogP contribution in [0.2, 0.25) is 0 Å². The summed E-state index contributed by atoms with van der Waals surface area (Å²) in [6, 6.07) is 7.60. The predicted molar refractivity (Wildman–Crippen MR) is 100 cm³/mol. The van der Waals surface area contributed by atoms with Crippen molar-refractivity contribution in [2.45, 2.75) is 56.5 Å². The highest BCUT2D eigenvalue weighted by atomic mass is 19.1. The summed E-state index contributed by atoms with van der Waals surface area (Å²) in [6.07, 6.45) is 7.23. The van der Waals surface area contributed by atoms with Crippen LogP contribution in [0.5, 0.6) is 0 Å². The molecular formula is C21H30FN3O. The summed E-state index contributed by atoms with van der Waals surface area (Å²) in [5.74, 6) is -0.0332. The molecule has 0 bridgehead atoms. The Morgan fingerprint density at radius 3 is 2.65 bits per heavy atom. The fraction of sp³-hybridized carbons (Fsp3) is 0.667. The number of rotatable bonds is 4. The lowest BCUT2D eigenvalue weighted by molar-refractivity contribution is -0.137. The number of halogens is 1. The van der Waals surface area contributed by atoms with Gasteiger partial charge in [0.2, 0.25) is 5.91 Å². The second kappa shape index (κ2) is 7.65. The number of amides is 1. The van der Waals surface area contributed by atoms with Crippen molar-refractivity contribution in [1.82, 2.24) is 15.1 Å². The largest absolute Gasteiger partial charge is 0.340 e. The molecule has 1 saturated carbocycles. The number of hydrogen-bond donors (Lipinski definition) is 1. The minimum absolute atomic E-state index is 0.175. The van der Waals surface area contributed by atoms with Gasteiger partial charge in [-0.05, 0) is 50.3 Å². The first-order valence-corrected chi connectivity index (χ1v) is 10.2. The van der Waals surface area contributed by atoms with Crippen molar-refractivity contribution >= 4 is 5.91 Å². The first-order valence-electron chi connectivity index (χ1n) is 10.2. The van der Waals surface area contributed by atoms with E-state index in [2.05, 4.69) is 10.2 Å². The fourth-order valence-corrected chi connectivity index (χ4v) is 4.74. The summed E-state index contributed by atoms with van der Waals surface area (Å²) in [6.45, 7) is 4.54. The SMILES string of the molecule is O=C(N1CCCN(C2CCC2)CC1)C1(Cc2ccccc2F)CCCN1. The third kappa shape index (κ3) is 3.52. The summed E-state index contributed by atoms with van der Waals surface area (Å²) in [7, 11) is 0. The summed E-state index contributed by atoms with van der Waals surface area (Å²) >= 11 is 0. The zero-order chi connectivity index (χ0) is 18.0. The van der Waals surface area contributed by atoms with Gasteiger partial charge in [0, 0.05) is 38.6 Å². The molecule has 1 N–H and O–H groups in total. The van der Waals surface area contributed by atoms with Crippen LogP contribution in [0.3, 0.4) is 0 Å². The van der Waals surface area contributed by atoms with Gasteiger partial charge >= 0.3 is 0 Å². The first kappa shape index (κ1) is 17.9. The van der Waals surface area contributed by atoms with Crippen LogP contribution >= 0.6 is 0 Å². The molecule has 0 spiro atoms. The molecular weight excluding hydrogens is 329 g/mol. The topological polar surface area (TPSA) is 35.6 Å². The van der Waals surface area contributed by atoms with Crippen molar-refractivity contribution in [2.24, 2.45) is 0 Å². The van der Waals surface area contributed by atoms with Gasteiger partial charge in [0.05, 0.1) is 0 Å². The summed E-state index contributed by atoms with van der Waals surface area (Å²) in [5.41, 5.74) is 0.00885. The molecule has 4 rings (SSSR count). The molecule has 1 aliphatic carbocycles. The number of hydrogen-bond acceptors (Lipinski definition) is 3. The van der Waals surface area contributed by atoms with Gasteiger partial charge in [-0.2, -0.15) is 0 Å². The normalized spacial score (nSPS) is 28.0. The van der Waals surface area contributed by atoms with Gasteiger partial charge in [-0.15, -0.1) is 0 Å². The molecule has 5 heteroatoms. The van der Waals surface area contributed by atoms with Crippen LogP contribution in [0.4, 0.5) is 4.39 Å². The zero-order valence-electron chi connectivity index (χ0n) is 15.6. The van der Waals surface area contributed by atoms with Crippen LogP contribution in [-0.2, 0) is 11.2 Å². The summed E-state index contributed by atoms with van der Waals surface area (Å²) in [4.78, 5) is 18.1. The number of nitrogens with one attached hydrogen (secondary N) is 1. The van der Waals surface area contributed by atoms with Gasteiger partial charge in [-0.25, -0.2) is 4.39 Å². The van der Waals surface area contributed by atoms with Crippen LogP contribution in [0.1, 0.15) is 44.1 Å². The lowest BCUT2D eigenvalue weighted by Gasteiger charge is -2.37. The molecule has 4 nitrogen and oxygen atoms in total. The Balaban J connectivity index is 1.47. The van der Waals surface area contributed by atoms with Gasteiger partial charge < -0.3 is 10.2 Å². The average Bonchev–Trinajstić information content (AvgIpc) is 2.94. The lowest BCUT2D eigenvalue weighted by Crippen LogP contribution is -2.57. The van der Waals surface area contributed by atoms with E-state index in [1.54, 1.807) is 6.07 Å². The van der Waals surface area contributed by atoms with E-state index in [1.807, 2.05) is 17.0 Å². The molecule has 2 aliphatic heterocycles. The highest BCUT2D eigenvalue weighted by Gasteiger charge is 2.44. The Labute approximate surface area is 155 Å². The molecule has 1 aromatic carbocycles. The monoisotopic (exact) mass is 359 g/mol. The van der Waals surface area contributed by atoms with E-state index >= 15 is 0 Å². The molecule has 3 aliphatic rings. The Morgan fingerprint density at radius 2 is 1.96 bits per heavy atom. The maximum Gasteiger partial charge on any atom is 0.243 e. The number of carbonyl (C=O) groups excluding carboxylic acids is 1. The van der Waals surface area contributed by atoms with E-state index in [9.17, 15) is 9.18 Å². The maximum absolute atomic E-state index is 14.2. The van der Waals surface area contributed by atoms with Crippen molar-refractivity contribution in [3.8, 4) is 0 Å². The molecule has 1 amide bonds. The van der Waals surface area contributed by atoms with Crippen LogP contribution < -0.4 is 5.32 Å². The number of benzene rings is 1. The van der Waals surface area contributed by atoms with Crippen LogP contribution in [0.25, 0.3) is 0 Å². The van der Waals surface area contributed by atoms with Crippen molar-refractivity contribution in [1.29, 1.82) is 0 Å². The number of nitrogens with zero attached hydrogens (tertiary/aromatic N) is 2. The third-order valence-corrected chi connectivity index (χ3v) is 6.51. The van der Waals surface area contributed by atoms with Crippen LogP contribution in [0, 0.1) is 5.82 Å². The van der Waals surface area contributed by atoms with E-state index in [-0.39, 0.29) is 11.7 Å². The molecule has 26 heavy (non-hydrogen) atoms. The molecule has 0 radical (unpaired) electrons. The Kier molecular flexibility index (Phi) is 5.28. The van der Waals surface area contributed by atoms with E-state index in [0.717, 1.165) is 58.0 Å². The lowest BCUT2D eigenvalue weighted by atomic mass is 9.87. The standard InChI is InChI=1S/C21H30FN3O/c22-19-9-2-1-6-17(19)16-21(10-4-11-23-21)20(26)25-13-5-12-24(14-15-25)18-7-3-8-18/h1-2,6,9,18,23H,3-5,7-8,10-16H2. The van der Waals surface area contributed by atoms with E-state index in [1.165, 1.54) is 25.3 Å². The van der Waals surface area contributed by atoms with Crippen molar-refractivity contribution in [2.75, 3.05) is 32.7 Å². The molecule has 3 fully saturated rings. The van der Waals surface area contributed by atoms with Gasteiger partial charge in [-0.1, -0.05) is 24.6 Å². The molecule has 0 aromatic heterocycles. The summed E-state index contributed by atoms with van der Waals surface area (Å²) < 4.78 is 14.2. The van der Waals surface area contributed by atoms with Crippen molar-refractivity contribution in [3.63, 3.8) is 0 Å². The molecule has 1 unspecified atom stereocenters. The minimum atomic E-state index is -0.631. The highest BCUT2D eigenvalue weighted by Crippen LogP contribution is 2.29. The van der Waals surface area contributed by atoms with E-state index in [4.69, 9.17) is 0 Å². The van der Waals surface area contributed by atoms with Gasteiger partial charge in [0.25, 0.3) is 0 Å². The first-order chi connectivity index (χ1) is 12.7. The maximum atomic E-state index is 14.2. The summed E-state index contributed by atoms with van der Waals surface area (Å²) in [5, 5.41) is 3.45. The van der Waals surface area contributed by atoms with Gasteiger partial charge in [0.1, 0.15) is 11.4 Å². The molecule has 142 valence electrons. The molecule has 1 aromatic rings. The minimum Gasteiger partial charge on any atom is -0.340 e. The second-order valence-corrected chi connectivity index (χ2v) is 8.15. The van der Waals surface area contributed by atoms with Gasteiger partial charge in [0.15, 0.2) is 0 Å². The number of carbonyl (C=O) groups is 1. The van der Waals surface area contributed by atoms with Crippen LogP contribution in [0.15, 0.2) is 24.3 Å². The quantitative estimate of drug-likeness (QED) is 0.898. The predicted octanol–water partition coefficient (Wildman–Crippen LogP) is 2.58. The smallest absolute Gasteiger partial charge is 0.243 e. The third-order valence-electron chi connectivity index (χ3n) is 6.51. The van der Waals surface area contributed by atoms with E-state index in [0.29, 0.717) is 12.0 Å². The van der Waals surface area contributed by atoms with Gasteiger partial charge in [-0.3, -0.25) is 9.69 Å². The Morgan fingerprint density at radius 1 is 1.12 bits per heavy atom. The molecule has 2 heterocycles. The van der Waals surface area contributed by atoms with Crippen molar-refractivity contribution in [3.05, 3.63) is 35.6 Å². The average molecular weight is 359 g/mol. The molecule has 2 saturated heterocycles. The molecule has 1 atom stereocenters. The van der Waals surface area contributed by atoms with Crippen molar-refractivity contribution < 1.29 is 9.18 Å². The van der Waals surface area contributed by atoms with Crippen LogP contribution in [-0.4, -0.2) is 60.0 Å². The Bertz CT molecular complexity index is 640. The zero-order valence-corrected chi connectivity index (χ0v) is 15.6. The Hall–Kier alpha value is -1.46. The van der Waals surface area contributed by atoms with E-state index < -0.39 is 5.54 Å².